The molecule has 1 aliphatic rings. The maximum atomic E-state index is 14.9. The highest BCUT2D eigenvalue weighted by Gasteiger charge is 2.38. The molecule has 1 aromatic heterocycles. The van der Waals surface area contributed by atoms with Gasteiger partial charge in [0.05, 0.1) is 24.3 Å². The van der Waals surface area contributed by atoms with E-state index >= 15 is 0 Å². The Morgan fingerprint density at radius 3 is 2.04 bits per heavy atom. The van der Waals surface area contributed by atoms with Crippen LogP contribution in [0, 0.1) is 11.6 Å². The lowest BCUT2D eigenvalue weighted by Gasteiger charge is -2.29. The van der Waals surface area contributed by atoms with Gasteiger partial charge in [0.15, 0.2) is 0 Å². The van der Waals surface area contributed by atoms with E-state index in [9.17, 15) is 32.2 Å². The Balaban J connectivity index is 1.72. The molecule has 0 bridgehead atoms. The van der Waals surface area contributed by atoms with Crippen LogP contribution in [0.15, 0.2) is 77.7 Å². The third kappa shape index (κ3) is 7.07. The number of aliphatic hydroxyl groups is 2. The fourth-order valence-electron chi connectivity index (χ4n) is 6.27. The number of sulfonamides is 1. The zero-order chi connectivity index (χ0) is 33.2. The predicted molar refractivity (Wildman–Crippen MR) is 171 cm³/mol. The van der Waals surface area contributed by atoms with Crippen molar-refractivity contribution in [3.63, 3.8) is 0 Å². The average Bonchev–Trinajstić information content (AvgIpc) is 3.36. The largest absolute Gasteiger partial charge is 0.481 e. The highest BCUT2D eigenvalue weighted by atomic mass is 32.2. The van der Waals surface area contributed by atoms with Gasteiger partial charge in [-0.15, -0.1) is 0 Å². The molecule has 0 fully saturated rings. The van der Waals surface area contributed by atoms with Crippen molar-refractivity contribution in [2.75, 3.05) is 6.54 Å². The third-order valence-electron chi connectivity index (χ3n) is 8.39. The average molecular weight is 653 g/mol. The number of hydrogen-bond donors (Lipinski definition) is 3. The van der Waals surface area contributed by atoms with Gasteiger partial charge in [0.1, 0.15) is 16.5 Å². The normalized spacial score (nSPS) is 15.1. The second-order valence-electron chi connectivity index (χ2n) is 12.0. The highest BCUT2D eigenvalue weighted by molar-refractivity contribution is 7.89. The number of rotatable bonds is 12. The molecule has 0 saturated heterocycles. The minimum absolute atomic E-state index is 0.0632. The number of hydrogen-bond acceptors (Lipinski definition) is 5. The number of benzene rings is 3. The number of nitrogens with zero attached hydrogens (tertiary/aromatic N) is 2. The number of fused-ring (bicyclic) bond motifs is 1. The lowest BCUT2D eigenvalue weighted by atomic mass is 10.00. The van der Waals surface area contributed by atoms with Crippen LogP contribution in [0.2, 0.25) is 0 Å². The predicted octanol–water partition coefficient (Wildman–Crippen LogP) is 5.95. The lowest BCUT2D eigenvalue weighted by Crippen LogP contribution is -2.36. The summed E-state index contributed by atoms with van der Waals surface area (Å²) < 4.78 is 61.3. The first-order valence-electron chi connectivity index (χ1n) is 15.3. The molecule has 8 nitrogen and oxygen atoms in total. The van der Waals surface area contributed by atoms with Crippen molar-refractivity contribution in [2.45, 2.75) is 75.6 Å². The standard InChI is InChI=1S/C35H38F2N2O6S/c1-22(2)33-35(46(44,45)38-17-15-23-5-3-4-6-26(23)21-38)32(24-7-11-27(36)12-8-24)34(25-9-13-28(37)14-10-25)39(33)18-16-29(40)19-30(41)20-31(42)43/h3-14,22,29-30,40-41H,15-21H2,1-2H3,(H,42,43)/t29-,30-/m1/s1. The van der Waals surface area contributed by atoms with E-state index in [2.05, 4.69) is 0 Å². The molecule has 46 heavy (non-hydrogen) atoms. The fraction of sp³-hybridized carbons (Fsp3) is 0.343. The van der Waals surface area contributed by atoms with Crippen molar-refractivity contribution in [1.29, 1.82) is 0 Å². The van der Waals surface area contributed by atoms with Crippen molar-refractivity contribution in [2.24, 2.45) is 0 Å². The zero-order valence-electron chi connectivity index (χ0n) is 25.7. The smallest absolute Gasteiger partial charge is 0.305 e. The Labute approximate surface area is 267 Å². The Kier molecular flexibility index (Phi) is 10.1. The molecule has 0 radical (unpaired) electrons. The summed E-state index contributed by atoms with van der Waals surface area (Å²) in [6.45, 7) is 4.28. The van der Waals surface area contributed by atoms with E-state index in [0.29, 0.717) is 34.5 Å². The van der Waals surface area contributed by atoms with Crippen molar-refractivity contribution in [3.05, 3.63) is 101 Å². The Morgan fingerprint density at radius 1 is 0.870 bits per heavy atom. The topological polar surface area (TPSA) is 120 Å². The van der Waals surface area contributed by atoms with Crippen LogP contribution >= 0.6 is 0 Å². The quantitative estimate of drug-likeness (QED) is 0.174. The van der Waals surface area contributed by atoms with Gasteiger partial charge in [0, 0.05) is 30.9 Å². The second-order valence-corrected chi connectivity index (χ2v) is 13.9. The van der Waals surface area contributed by atoms with Gasteiger partial charge in [-0.2, -0.15) is 4.31 Å². The zero-order valence-corrected chi connectivity index (χ0v) is 26.6. The number of aliphatic carboxylic acids is 1. The maximum absolute atomic E-state index is 14.9. The summed E-state index contributed by atoms with van der Waals surface area (Å²) in [5, 5.41) is 30.0. The molecule has 11 heteroatoms. The molecule has 0 saturated carbocycles. The van der Waals surface area contributed by atoms with E-state index in [1.165, 1.54) is 40.7 Å². The molecule has 0 amide bonds. The van der Waals surface area contributed by atoms with Gasteiger partial charge < -0.3 is 19.9 Å². The van der Waals surface area contributed by atoms with E-state index in [0.717, 1.165) is 11.1 Å². The molecule has 0 spiro atoms. The summed E-state index contributed by atoms with van der Waals surface area (Å²) in [5.74, 6) is -2.50. The second kappa shape index (κ2) is 13.8. The summed E-state index contributed by atoms with van der Waals surface area (Å²) in [6.07, 6.45) is -2.45. The fourth-order valence-corrected chi connectivity index (χ4v) is 8.25. The molecular formula is C35H38F2N2O6S. The van der Waals surface area contributed by atoms with Gasteiger partial charge in [0.25, 0.3) is 0 Å². The summed E-state index contributed by atoms with van der Waals surface area (Å²) >= 11 is 0. The number of carboxylic acid groups (broad SMARTS) is 1. The first kappa shape index (κ1) is 33.5. The van der Waals surface area contributed by atoms with Crippen LogP contribution in [-0.4, -0.2) is 57.3 Å². The first-order chi connectivity index (χ1) is 21.9. The van der Waals surface area contributed by atoms with Crippen LogP contribution in [0.25, 0.3) is 22.4 Å². The van der Waals surface area contributed by atoms with Crippen molar-refractivity contribution in [3.8, 4) is 22.4 Å². The van der Waals surface area contributed by atoms with Gasteiger partial charge in [0.2, 0.25) is 10.0 Å². The third-order valence-corrected chi connectivity index (χ3v) is 10.3. The van der Waals surface area contributed by atoms with Gasteiger partial charge >= 0.3 is 5.97 Å². The van der Waals surface area contributed by atoms with Crippen LogP contribution in [0.5, 0.6) is 0 Å². The van der Waals surface area contributed by atoms with Gasteiger partial charge in [-0.05, 0) is 83.8 Å². The maximum Gasteiger partial charge on any atom is 0.305 e. The Morgan fingerprint density at radius 2 is 1.46 bits per heavy atom. The number of carbonyl (C=O) groups is 1. The molecule has 5 rings (SSSR count). The molecule has 2 heterocycles. The van der Waals surface area contributed by atoms with Crippen LogP contribution in [-0.2, 0) is 34.3 Å². The van der Waals surface area contributed by atoms with Gasteiger partial charge in [-0.3, -0.25) is 4.79 Å². The Hall–Kier alpha value is -3.90. The van der Waals surface area contributed by atoms with Crippen LogP contribution in [0.3, 0.4) is 0 Å². The van der Waals surface area contributed by atoms with Crippen LogP contribution < -0.4 is 0 Å². The summed E-state index contributed by atoms with van der Waals surface area (Å²) in [7, 11) is -4.18. The number of aliphatic hydroxyl groups excluding tert-OH is 2. The number of aromatic nitrogens is 1. The molecule has 3 N–H and O–H groups in total. The molecular weight excluding hydrogens is 614 g/mol. The lowest BCUT2D eigenvalue weighted by molar-refractivity contribution is -0.139. The number of halogens is 2. The van der Waals surface area contributed by atoms with Crippen molar-refractivity contribution < 1.29 is 37.3 Å². The SMILES string of the molecule is CC(C)c1c(S(=O)(=O)N2CCc3ccccc3C2)c(-c2ccc(F)cc2)c(-c2ccc(F)cc2)n1CC[C@@H](O)C[C@@H](O)CC(=O)O. The molecule has 0 unspecified atom stereocenters. The molecule has 244 valence electrons. The van der Waals surface area contributed by atoms with E-state index < -0.39 is 46.3 Å². The summed E-state index contributed by atoms with van der Waals surface area (Å²) in [6, 6.07) is 18.9. The van der Waals surface area contributed by atoms with E-state index in [-0.39, 0.29) is 43.3 Å². The monoisotopic (exact) mass is 652 g/mol. The van der Waals surface area contributed by atoms with Crippen molar-refractivity contribution >= 4 is 16.0 Å². The molecule has 1 aliphatic heterocycles. The van der Waals surface area contributed by atoms with Gasteiger partial charge in [-0.1, -0.05) is 50.2 Å². The minimum atomic E-state index is -4.18. The summed E-state index contributed by atoms with van der Waals surface area (Å²) in [4.78, 5) is 11.1. The van der Waals surface area contributed by atoms with Crippen LogP contribution in [0.1, 0.15) is 55.8 Å². The van der Waals surface area contributed by atoms with E-state index in [1.807, 2.05) is 42.7 Å². The van der Waals surface area contributed by atoms with E-state index in [1.54, 1.807) is 12.1 Å². The Bertz CT molecular complexity index is 1800. The summed E-state index contributed by atoms with van der Waals surface area (Å²) in [5.41, 5.74) is 4.24. The van der Waals surface area contributed by atoms with Gasteiger partial charge in [-0.25, -0.2) is 17.2 Å². The van der Waals surface area contributed by atoms with E-state index in [4.69, 9.17) is 5.11 Å². The highest BCUT2D eigenvalue weighted by Crippen LogP contribution is 2.46. The van der Waals surface area contributed by atoms with Crippen LogP contribution in [0.4, 0.5) is 8.78 Å². The molecule has 4 aromatic rings. The first-order valence-corrected chi connectivity index (χ1v) is 16.7. The molecule has 0 aliphatic carbocycles. The molecule has 3 aromatic carbocycles. The van der Waals surface area contributed by atoms with Crippen molar-refractivity contribution in [1.82, 2.24) is 8.87 Å². The minimum Gasteiger partial charge on any atom is -0.481 e. The number of carboxylic acids is 1. The molecule has 2 atom stereocenters.